The zero-order valence-electron chi connectivity index (χ0n) is 17.3. The quantitative estimate of drug-likeness (QED) is 0.350. The topological polar surface area (TPSA) is 81.7 Å². The summed E-state index contributed by atoms with van der Waals surface area (Å²) < 4.78 is 10.2. The van der Waals surface area contributed by atoms with E-state index < -0.39 is 24.5 Å². The molecule has 1 N–H and O–H groups in total. The lowest BCUT2D eigenvalue weighted by Crippen LogP contribution is -2.22. The summed E-state index contributed by atoms with van der Waals surface area (Å²) in [5, 5.41) is 5.74. The Balaban J connectivity index is 1.70. The number of thiophene rings is 1. The van der Waals surface area contributed by atoms with Gasteiger partial charge in [0.2, 0.25) is 0 Å². The van der Waals surface area contributed by atoms with Crippen molar-refractivity contribution in [2.24, 2.45) is 0 Å². The Hall–Kier alpha value is -2.58. The molecule has 1 heterocycles. The van der Waals surface area contributed by atoms with Crippen LogP contribution in [0.15, 0.2) is 47.8 Å². The van der Waals surface area contributed by atoms with Crippen LogP contribution >= 0.6 is 46.1 Å². The monoisotopic (exact) mass is 525 g/mol. The van der Waals surface area contributed by atoms with E-state index >= 15 is 0 Å². The first kappa shape index (κ1) is 25.1. The van der Waals surface area contributed by atoms with Crippen LogP contribution in [0.4, 0.5) is 5.00 Å². The molecule has 0 aliphatic rings. The minimum absolute atomic E-state index is 0.0755. The molecule has 0 saturated heterocycles. The molecule has 0 atom stereocenters. The zero-order valence-corrected chi connectivity index (χ0v) is 20.4. The first-order valence-electron chi connectivity index (χ1n) is 9.73. The summed E-state index contributed by atoms with van der Waals surface area (Å²) >= 11 is 19.2. The molecule has 33 heavy (non-hydrogen) atoms. The van der Waals surface area contributed by atoms with E-state index in [4.69, 9.17) is 44.3 Å². The van der Waals surface area contributed by atoms with Crippen molar-refractivity contribution in [1.29, 1.82) is 0 Å². The number of hydrogen-bond acceptors (Lipinski definition) is 6. The number of carbonyl (C=O) groups is 3. The molecule has 0 unspecified atom stereocenters. The molecule has 6 nitrogen and oxygen atoms in total. The highest BCUT2D eigenvalue weighted by molar-refractivity contribution is 7.15. The maximum absolute atomic E-state index is 12.6. The van der Waals surface area contributed by atoms with E-state index in [-0.39, 0.29) is 23.6 Å². The lowest BCUT2D eigenvalue weighted by atomic mass is 10.0. The molecular formula is C23H18Cl3NO5S. The molecule has 0 saturated carbocycles. The number of halogens is 3. The van der Waals surface area contributed by atoms with Crippen LogP contribution in [0.2, 0.25) is 15.1 Å². The molecule has 0 spiro atoms. The van der Waals surface area contributed by atoms with Gasteiger partial charge in [-0.15, -0.1) is 11.3 Å². The molecule has 1 amide bonds. The Kier molecular flexibility index (Phi) is 8.74. The predicted octanol–water partition coefficient (Wildman–Crippen LogP) is 6.28. The first-order chi connectivity index (χ1) is 15.8. The summed E-state index contributed by atoms with van der Waals surface area (Å²) in [6.07, 6.45) is -0.0755. The van der Waals surface area contributed by atoms with Gasteiger partial charge >= 0.3 is 11.9 Å². The van der Waals surface area contributed by atoms with E-state index in [9.17, 15) is 14.4 Å². The van der Waals surface area contributed by atoms with Crippen LogP contribution in [-0.2, 0) is 25.5 Å². The summed E-state index contributed by atoms with van der Waals surface area (Å²) in [4.78, 5) is 37.1. The van der Waals surface area contributed by atoms with Crippen LogP contribution < -0.4 is 5.32 Å². The van der Waals surface area contributed by atoms with Crippen molar-refractivity contribution in [2.45, 2.75) is 13.3 Å². The van der Waals surface area contributed by atoms with Crippen molar-refractivity contribution >= 4 is 69.0 Å². The highest BCUT2D eigenvalue weighted by atomic mass is 35.5. The summed E-state index contributed by atoms with van der Waals surface area (Å²) in [6.45, 7) is 1.32. The van der Waals surface area contributed by atoms with E-state index in [0.29, 0.717) is 31.8 Å². The summed E-state index contributed by atoms with van der Waals surface area (Å²) in [5.41, 5.74) is 1.95. The number of amides is 1. The number of rotatable bonds is 8. The van der Waals surface area contributed by atoms with Gasteiger partial charge in [-0.2, -0.15) is 0 Å². The van der Waals surface area contributed by atoms with Gasteiger partial charge in [0.1, 0.15) is 10.6 Å². The predicted molar refractivity (Wildman–Crippen MR) is 130 cm³/mol. The third-order valence-corrected chi connectivity index (χ3v) is 6.35. The van der Waals surface area contributed by atoms with E-state index in [0.717, 1.165) is 11.3 Å². The minimum Gasteiger partial charge on any atom is -0.462 e. The fraction of sp³-hybridized carbons (Fsp3) is 0.174. The maximum atomic E-state index is 12.6. The fourth-order valence-electron chi connectivity index (χ4n) is 2.91. The number of benzene rings is 2. The third kappa shape index (κ3) is 6.48. The zero-order chi connectivity index (χ0) is 24.0. The average molecular weight is 527 g/mol. The van der Waals surface area contributed by atoms with Crippen molar-refractivity contribution in [3.05, 3.63) is 74.0 Å². The van der Waals surface area contributed by atoms with Gasteiger partial charge in [0.15, 0.2) is 6.61 Å². The number of esters is 2. The normalized spacial score (nSPS) is 10.5. The summed E-state index contributed by atoms with van der Waals surface area (Å²) in [7, 11) is 0. The Morgan fingerprint density at radius 1 is 0.939 bits per heavy atom. The SMILES string of the molecule is CCOC(=O)c1c(-c2ccccc2Cl)csc1NC(=O)COC(=O)Cc1ccc(Cl)c(Cl)c1. The third-order valence-electron chi connectivity index (χ3n) is 4.38. The van der Waals surface area contributed by atoms with Gasteiger partial charge in [-0.1, -0.05) is 59.1 Å². The highest BCUT2D eigenvalue weighted by Crippen LogP contribution is 2.39. The van der Waals surface area contributed by atoms with Gasteiger partial charge < -0.3 is 14.8 Å². The Morgan fingerprint density at radius 3 is 2.39 bits per heavy atom. The van der Waals surface area contributed by atoms with Gasteiger partial charge in [-0.05, 0) is 30.7 Å². The van der Waals surface area contributed by atoms with Crippen LogP contribution in [0, 0.1) is 0 Å². The Bertz CT molecular complexity index is 1190. The lowest BCUT2D eigenvalue weighted by Gasteiger charge is -2.10. The number of anilines is 1. The fourth-order valence-corrected chi connectivity index (χ4v) is 4.43. The van der Waals surface area contributed by atoms with E-state index in [1.807, 2.05) is 0 Å². The van der Waals surface area contributed by atoms with Crippen molar-refractivity contribution < 1.29 is 23.9 Å². The Morgan fingerprint density at radius 2 is 1.70 bits per heavy atom. The largest absolute Gasteiger partial charge is 0.462 e. The smallest absolute Gasteiger partial charge is 0.341 e. The first-order valence-corrected chi connectivity index (χ1v) is 11.7. The van der Waals surface area contributed by atoms with Crippen molar-refractivity contribution in [3.8, 4) is 11.1 Å². The van der Waals surface area contributed by atoms with Crippen LogP contribution in [0.25, 0.3) is 11.1 Å². The van der Waals surface area contributed by atoms with Gasteiger partial charge in [-0.3, -0.25) is 9.59 Å². The number of carbonyl (C=O) groups excluding carboxylic acids is 3. The summed E-state index contributed by atoms with van der Waals surface area (Å²) in [6, 6.07) is 11.8. The van der Waals surface area contributed by atoms with Crippen molar-refractivity contribution in [1.82, 2.24) is 0 Å². The molecule has 0 fully saturated rings. The highest BCUT2D eigenvalue weighted by Gasteiger charge is 2.24. The van der Waals surface area contributed by atoms with Gasteiger partial charge in [0, 0.05) is 21.5 Å². The van der Waals surface area contributed by atoms with Crippen LogP contribution in [0.5, 0.6) is 0 Å². The standard InChI is InChI=1S/C23H18Cl3NO5S/c1-2-31-23(30)21-15(14-5-3-4-6-16(14)24)12-33-22(21)27-19(28)11-32-20(29)10-13-7-8-17(25)18(26)9-13/h3-9,12H,2,10-11H2,1H3,(H,27,28). The van der Waals surface area contributed by atoms with Crippen molar-refractivity contribution in [2.75, 3.05) is 18.5 Å². The number of hydrogen-bond donors (Lipinski definition) is 1. The van der Waals surface area contributed by atoms with Crippen LogP contribution in [-0.4, -0.2) is 31.1 Å². The maximum Gasteiger partial charge on any atom is 0.341 e. The van der Waals surface area contributed by atoms with E-state index in [1.165, 1.54) is 0 Å². The molecule has 3 rings (SSSR count). The van der Waals surface area contributed by atoms with Crippen molar-refractivity contribution in [3.63, 3.8) is 0 Å². The van der Waals surface area contributed by atoms with Crippen LogP contribution in [0.1, 0.15) is 22.8 Å². The molecular weight excluding hydrogens is 509 g/mol. The summed E-state index contributed by atoms with van der Waals surface area (Å²) in [5.74, 6) is -1.81. The molecule has 2 aromatic carbocycles. The molecule has 10 heteroatoms. The van der Waals surface area contributed by atoms with Gasteiger partial charge in [-0.25, -0.2) is 4.79 Å². The average Bonchev–Trinajstić information content (AvgIpc) is 3.18. The number of ether oxygens (including phenoxy) is 2. The molecule has 0 aliphatic heterocycles. The molecule has 0 aliphatic carbocycles. The molecule has 172 valence electrons. The van der Waals surface area contributed by atoms with E-state index in [1.54, 1.807) is 54.8 Å². The second-order valence-corrected chi connectivity index (χ2v) is 8.79. The minimum atomic E-state index is -0.614. The second-order valence-electron chi connectivity index (χ2n) is 6.69. The second kappa shape index (κ2) is 11.5. The molecule has 3 aromatic rings. The molecule has 1 aromatic heterocycles. The lowest BCUT2D eigenvalue weighted by molar-refractivity contribution is -0.146. The van der Waals surface area contributed by atoms with Gasteiger partial charge in [0.05, 0.1) is 23.1 Å². The van der Waals surface area contributed by atoms with E-state index in [2.05, 4.69) is 5.32 Å². The molecule has 0 bridgehead atoms. The number of nitrogens with one attached hydrogen (secondary N) is 1. The molecule has 0 radical (unpaired) electrons. The van der Waals surface area contributed by atoms with Gasteiger partial charge in [0.25, 0.3) is 5.91 Å². The van der Waals surface area contributed by atoms with Crippen LogP contribution in [0.3, 0.4) is 0 Å². The Labute approximate surface area is 209 Å².